The number of carbonyl (C=O) groups excluding carboxylic acids is 2. The van der Waals surface area contributed by atoms with E-state index in [2.05, 4.69) is 26.6 Å². The molecule has 2 amide bonds. The molecule has 1 heterocycles. The van der Waals surface area contributed by atoms with E-state index in [1.807, 2.05) is 24.6 Å². The van der Waals surface area contributed by atoms with Crippen molar-refractivity contribution in [3.05, 3.63) is 22.4 Å². The van der Waals surface area contributed by atoms with Gasteiger partial charge in [0, 0.05) is 23.8 Å². The predicted molar refractivity (Wildman–Crippen MR) is 73.4 cm³/mol. The molecule has 0 saturated heterocycles. The van der Waals surface area contributed by atoms with Gasteiger partial charge in [-0.1, -0.05) is 6.92 Å². The van der Waals surface area contributed by atoms with Crippen LogP contribution in [0.2, 0.25) is 0 Å². The summed E-state index contributed by atoms with van der Waals surface area (Å²) < 4.78 is 2.73. The summed E-state index contributed by atoms with van der Waals surface area (Å²) in [6.07, 6.45) is 2.81. The maximum absolute atomic E-state index is 11.9. The minimum absolute atomic E-state index is 0.00158. The Morgan fingerprint density at radius 2 is 2.06 bits per heavy atom. The Labute approximate surface area is 115 Å². The first-order chi connectivity index (χ1) is 8.58. The summed E-state index contributed by atoms with van der Waals surface area (Å²) in [6, 6.07) is 1.75. The maximum atomic E-state index is 11.9. The lowest BCUT2D eigenvalue weighted by atomic mass is 10.3. The summed E-state index contributed by atoms with van der Waals surface area (Å²) in [4.78, 5) is 23.2. The van der Waals surface area contributed by atoms with Gasteiger partial charge in [0.1, 0.15) is 5.69 Å². The van der Waals surface area contributed by atoms with Gasteiger partial charge >= 0.3 is 0 Å². The van der Waals surface area contributed by atoms with Gasteiger partial charge in [0.15, 0.2) is 0 Å². The molecule has 0 saturated carbocycles. The SMILES string of the molecule is CCCn1cc(Br)cc1C(=O)NCC(=O)NCC. The van der Waals surface area contributed by atoms with Crippen LogP contribution < -0.4 is 10.6 Å². The second kappa shape index (κ2) is 7.20. The highest BCUT2D eigenvalue weighted by Gasteiger charge is 2.13. The minimum Gasteiger partial charge on any atom is -0.355 e. The van der Waals surface area contributed by atoms with Crippen molar-refractivity contribution < 1.29 is 9.59 Å². The Hall–Kier alpha value is -1.30. The molecule has 0 aliphatic heterocycles. The van der Waals surface area contributed by atoms with Crippen LogP contribution in [-0.4, -0.2) is 29.5 Å². The molecule has 0 unspecified atom stereocenters. The zero-order valence-corrected chi connectivity index (χ0v) is 12.2. The number of carbonyl (C=O) groups is 2. The van der Waals surface area contributed by atoms with Crippen LogP contribution in [0.4, 0.5) is 0 Å². The number of aromatic nitrogens is 1. The molecule has 0 fully saturated rings. The van der Waals surface area contributed by atoms with E-state index in [1.165, 1.54) is 0 Å². The van der Waals surface area contributed by atoms with Crippen LogP contribution >= 0.6 is 15.9 Å². The number of amides is 2. The van der Waals surface area contributed by atoms with Crippen molar-refractivity contribution in [3.63, 3.8) is 0 Å². The molecule has 1 aromatic rings. The van der Waals surface area contributed by atoms with E-state index < -0.39 is 0 Å². The third-order valence-electron chi connectivity index (χ3n) is 2.34. The van der Waals surface area contributed by atoms with Gasteiger partial charge in [0.05, 0.1) is 6.54 Å². The highest BCUT2D eigenvalue weighted by molar-refractivity contribution is 9.10. The number of aryl methyl sites for hydroxylation is 1. The molecule has 0 aliphatic carbocycles. The number of nitrogens with zero attached hydrogens (tertiary/aromatic N) is 1. The van der Waals surface area contributed by atoms with Crippen molar-refractivity contribution in [1.82, 2.24) is 15.2 Å². The number of nitrogens with one attached hydrogen (secondary N) is 2. The summed E-state index contributed by atoms with van der Waals surface area (Å²) in [6.45, 7) is 5.22. The molecule has 18 heavy (non-hydrogen) atoms. The Balaban J connectivity index is 2.63. The van der Waals surface area contributed by atoms with Gasteiger partial charge in [0.25, 0.3) is 5.91 Å². The Bertz CT molecular complexity index is 429. The second-order valence-electron chi connectivity index (χ2n) is 3.87. The van der Waals surface area contributed by atoms with Crippen molar-refractivity contribution in [3.8, 4) is 0 Å². The summed E-state index contributed by atoms with van der Waals surface area (Å²) in [5, 5.41) is 5.23. The highest BCUT2D eigenvalue weighted by atomic mass is 79.9. The van der Waals surface area contributed by atoms with Crippen molar-refractivity contribution in [2.24, 2.45) is 0 Å². The van der Waals surface area contributed by atoms with Gasteiger partial charge in [0.2, 0.25) is 5.91 Å². The normalized spacial score (nSPS) is 10.2. The van der Waals surface area contributed by atoms with E-state index in [-0.39, 0.29) is 18.4 Å². The fourth-order valence-electron chi connectivity index (χ4n) is 1.60. The molecular weight excluding hydrogens is 298 g/mol. The summed E-state index contributed by atoms with van der Waals surface area (Å²) in [5.41, 5.74) is 0.563. The molecule has 1 rings (SSSR count). The molecule has 0 atom stereocenters. The minimum atomic E-state index is -0.236. The van der Waals surface area contributed by atoms with Gasteiger partial charge in [-0.2, -0.15) is 0 Å². The first kappa shape index (κ1) is 14.8. The predicted octanol–water partition coefficient (Wildman–Crippen LogP) is 1.53. The van der Waals surface area contributed by atoms with E-state index in [0.717, 1.165) is 17.4 Å². The molecule has 0 aliphatic rings. The molecule has 1 aromatic heterocycles. The molecule has 6 heteroatoms. The third-order valence-corrected chi connectivity index (χ3v) is 2.78. The van der Waals surface area contributed by atoms with Crippen LogP contribution in [-0.2, 0) is 11.3 Å². The third kappa shape index (κ3) is 4.18. The van der Waals surface area contributed by atoms with Crippen LogP contribution in [0.25, 0.3) is 0 Å². The summed E-state index contributed by atoms with van der Waals surface area (Å²) in [5.74, 6) is -0.418. The molecule has 2 N–H and O–H groups in total. The van der Waals surface area contributed by atoms with Crippen molar-refractivity contribution in [2.75, 3.05) is 13.1 Å². The summed E-state index contributed by atoms with van der Waals surface area (Å²) >= 11 is 3.35. The standard InChI is InChI=1S/C12H18BrN3O2/c1-3-5-16-8-9(13)6-10(16)12(18)15-7-11(17)14-4-2/h6,8H,3-5,7H2,1-2H3,(H,14,17)(H,15,18). The maximum Gasteiger partial charge on any atom is 0.268 e. The van der Waals surface area contributed by atoms with Crippen LogP contribution in [0.3, 0.4) is 0 Å². The lowest BCUT2D eigenvalue weighted by Crippen LogP contribution is -2.37. The van der Waals surface area contributed by atoms with Crippen LogP contribution in [0.1, 0.15) is 30.8 Å². The fourth-order valence-corrected chi connectivity index (χ4v) is 2.07. The van der Waals surface area contributed by atoms with Crippen LogP contribution in [0.15, 0.2) is 16.7 Å². The Morgan fingerprint density at radius 3 is 2.67 bits per heavy atom. The van der Waals surface area contributed by atoms with E-state index in [4.69, 9.17) is 0 Å². The van der Waals surface area contributed by atoms with E-state index in [9.17, 15) is 9.59 Å². The smallest absolute Gasteiger partial charge is 0.268 e. The zero-order chi connectivity index (χ0) is 13.5. The van der Waals surface area contributed by atoms with E-state index in [0.29, 0.717) is 12.2 Å². The van der Waals surface area contributed by atoms with Crippen LogP contribution in [0.5, 0.6) is 0 Å². The zero-order valence-electron chi connectivity index (χ0n) is 10.6. The Morgan fingerprint density at radius 1 is 1.33 bits per heavy atom. The average Bonchev–Trinajstić information content (AvgIpc) is 2.68. The molecule has 0 bridgehead atoms. The first-order valence-corrected chi connectivity index (χ1v) is 6.78. The topological polar surface area (TPSA) is 63.1 Å². The monoisotopic (exact) mass is 315 g/mol. The fraction of sp³-hybridized carbons (Fsp3) is 0.500. The molecule has 0 aromatic carbocycles. The van der Waals surface area contributed by atoms with E-state index >= 15 is 0 Å². The average molecular weight is 316 g/mol. The van der Waals surface area contributed by atoms with Crippen LogP contribution in [0, 0.1) is 0 Å². The van der Waals surface area contributed by atoms with Crippen molar-refractivity contribution >= 4 is 27.7 Å². The number of hydrogen-bond donors (Lipinski definition) is 2. The number of likely N-dealkylation sites (N-methyl/N-ethyl adjacent to an activating group) is 1. The second-order valence-corrected chi connectivity index (χ2v) is 4.79. The number of halogens is 1. The van der Waals surface area contributed by atoms with Gasteiger partial charge in [-0.3, -0.25) is 9.59 Å². The number of hydrogen-bond acceptors (Lipinski definition) is 2. The van der Waals surface area contributed by atoms with Gasteiger partial charge < -0.3 is 15.2 Å². The molecule has 0 radical (unpaired) electrons. The summed E-state index contributed by atoms with van der Waals surface area (Å²) in [7, 11) is 0. The highest BCUT2D eigenvalue weighted by Crippen LogP contribution is 2.15. The molecule has 100 valence electrons. The van der Waals surface area contributed by atoms with Gasteiger partial charge in [-0.15, -0.1) is 0 Å². The molecule has 5 nitrogen and oxygen atoms in total. The first-order valence-electron chi connectivity index (χ1n) is 5.99. The van der Waals surface area contributed by atoms with Crippen molar-refractivity contribution in [1.29, 1.82) is 0 Å². The molecular formula is C12H18BrN3O2. The lowest BCUT2D eigenvalue weighted by Gasteiger charge is -2.08. The van der Waals surface area contributed by atoms with Gasteiger partial charge in [-0.25, -0.2) is 0 Å². The largest absolute Gasteiger partial charge is 0.355 e. The number of rotatable bonds is 6. The lowest BCUT2D eigenvalue weighted by molar-refractivity contribution is -0.120. The van der Waals surface area contributed by atoms with Gasteiger partial charge in [-0.05, 0) is 35.3 Å². The Kier molecular flexibility index (Phi) is 5.91. The van der Waals surface area contributed by atoms with Crippen molar-refractivity contribution in [2.45, 2.75) is 26.8 Å². The molecule has 0 spiro atoms. The van der Waals surface area contributed by atoms with E-state index in [1.54, 1.807) is 6.07 Å². The quantitative estimate of drug-likeness (QED) is 0.836.